The predicted molar refractivity (Wildman–Crippen MR) is 66.0 cm³/mol. The van der Waals surface area contributed by atoms with E-state index in [1.54, 1.807) is 0 Å². The van der Waals surface area contributed by atoms with Gasteiger partial charge in [-0.15, -0.1) is 0 Å². The van der Waals surface area contributed by atoms with Gasteiger partial charge in [0, 0.05) is 25.2 Å². The van der Waals surface area contributed by atoms with Crippen molar-refractivity contribution in [1.82, 2.24) is 9.80 Å². The molecule has 0 aromatic heterocycles. The van der Waals surface area contributed by atoms with Gasteiger partial charge in [0.2, 0.25) is 0 Å². The first-order valence-electron chi connectivity index (χ1n) is 6.15. The van der Waals surface area contributed by atoms with E-state index < -0.39 is 0 Å². The molecule has 2 atom stereocenters. The molecule has 1 rings (SSSR count). The van der Waals surface area contributed by atoms with E-state index in [9.17, 15) is 0 Å². The van der Waals surface area contributed by atoms with E-state index in [0.29, 0.717) is 12.0 Å². The van der Waals surface area contributed by atoms with Crippen LogP contribution in [-0.4, -0.2) is 55.6 Å². The van der Waals surface area contributed by atoms with Crippen molar-refractivity contribution in [1.29, 1.82) is 0 Å². The quantitative estimate of drug-likeness (QED) is 0.739. The van der Waals surface area contributed by atoms with Crippen molar-refractivity contribution in [3.63, 3.8) is 0 Å². The maximum absolute atomic E-state index is 6.07. The molecule has 1 fully saturated rings. The highest BCUT2D eigenvalue weighted by Crippen LogP contribution is 2.15. The fourth-order valence-electron chi connectivity index (χ4n) is 2.21. The second kappa shape index (κ2) is 5.83. The molecule has 3 nitrogen and oxygen atoms in total. The van der Waals surface area contributed by atoms with E-state index >= 15 is 0 Å². The van der Waals surface area contributed by atoms with Crippen LogP contribution >= 0.6 is 0 Å². The molecule has 1 saturated heterocycles. The molecule has 2 unspecified atom stereocenters. The molecule has 0 amide bonds. The molecule has 0 aromatic carbocycles. The van der Waals surface area contributed by atoms with Crippen LogP contribution in [0.4, 0.5) is 0 Å². The monoisotopic (exact) mass is 213 g/mol. The third-order valence-corrected chi connectivity index (χ3v) is 3.57. The molecule has 15 heavy (non-hydrogen) atoms. The van der Waals surface area contributed by atoms with Crippen LogP contribution in [0.5, 0.6) is 0 Å². The normalized spacial score (nSPS) is 25.4. The molecule has 0 bridgehead atoms. The zero-order valence-corrected chi connectivity index (χ0v) is 10.7. The summed E-state index contributed by atoms with van der Waals surface area (Å²) in [6.45, 7) is 7.83. The number of likely N-dealkylation sites (tertiary alicyclic amines) is 1. The van der Waals surface area contributed by atoms with Gasteiger partial charge in [-0.05, 0) is 39.4 Å². The zero-order chi connectivity index (χ0) is 11.4. The van der Waals surface area contributed by atoms with Gasteiger partial charge in [0.25, 0.3) is 0 Å². The Balaban J connectivity index is 2.26. The number of likely N-dealkylation sites (N-methyl/N-ethyl adjacent to an activating group) is 2. The Kier molecular flexibility index (Phi) is 5.03. The smallest absolute Gasteiger partial charge is 0.0220 e. The van der Waals surface area contributed by atoms with E-state index in [4.69, 9.17) is 5.73 Å². The predicted octanol–water partition coefficient (Wildman–Crippen LogP) is 0.996. The SMILES string of the molecule is CC(C)C(N)CN(C)CC1CCCN1C. The average molecular weight is 213 g/mol. The average Bonchev–Trinajstić information content (AvgIpc) is 2.51. The van der Waals surface area contributed by atoms with Gasteiger partial charge >= 0.3 is 0 Å². The third kappa shape index (κ3) is 4.09. The summed E-state index contributed by atoms with van der Waals surface area (Å²) in [6, 6.07) is 1.05. The topological polar surface area (TPSA) is 32.5 Å². The Morgan fingerprint density at radius 3 is 2.60 bits per heavy atom. The highest BCUT2D eigenvalue weighted by atomic mass is 15.2. The molecule has 0 aliphatic carbocycles. The highest BCUT2D eigenvalue weighted by Gasteiger charge is 2.22. The second-order valence-corrected chi connectivity index (χ2v) is 5.41. The molecule has 3 heteroatoms. The summed E-state index contributed by atoms with van der Waals surface area (Å²) in [5, 5.41) is 0. The van der Waals surface area contributed by atoms with E-state index in [2.05, 4.69) is 37.7 Å². The Labute approximate surface area is 94.6 Å². The summed E-state index contributed by atoms with van der Waals surface area (Å²) in [5.74, 6) is 0.578. The van der Waals surface area contributed by atoms with Gasteiger partial charge in [0.1, 0.15) is 0 Å². The minimum Gasteiger partial charge on any atom is -0.326 e. The Morgan fingerprint density at radius 2 is 2.13 bits per heavy atom. The molecule has 90 valence electrons. The molecule has 0 spiro atoms. The van der Waals surface area contributed by atoms with Crippen LogP contribution in [0.3, 0.4) is 0 Å². The summed E-state index contributed by atoms with van der Waals surface area (Å²) < 4.78 is 0. The van der Waals surface area contributed by atoms with Crippen molar-refractivity contribution in [2.45, 2.75) is 38.8 Å². The lowest BCUT2D eigenvalue weighted by Gasteiger charge is -2.28. The number of nitrogens with zero attached hydrogens (tertiary/aromatic N) is 2. The molecule has 0 aromatic rings. The first kappa shape index (κ1) is 12.9. The summed E-state index contributed by atoms with van der Waals surface area (Å²) in [4.78, 5) is 4.86. The van der Waals surface area contributed by atoms with Crippen LogP contribution in [0.25, 0.3) is 0 Å². The van der Waals surface area contributed by atoms with E-state index in [1.807, 2.05) is 0 Å². The van der Waals surface area contributed by atoms with Gasteiger partial charge in [-0.3, -0.25) is 0 Å². The molecular formula is C12H27N3. The molecule has 2 N–H and O–H groups in total. The van der Waals surface area contributed by atoms with Crippen molar-refractivity contribution in [3.8, 4) is 0 Å². The summed E-state index contributed by atoms with van der Waals surface area (Å²) in [5.41, 5.74) is 6.07. The van der Waals surface area contributed by atoms with Gasteiger partial charge in [0.15, 0.2) is 0 Å². The number of hydrogen-bond acceptors (Lipinski definition) is 3. The van der Waals surface area contributed by atoms with Gasteiger partial charge < -0.3 is 15.5 Å². The zero-order valence-electron chi connectivity index (χ0n) is 10.7. The van der Waals surface area contributed by atoms with Gasteiger partial charge in [-0.1, -0.05) is 13.8 Å². The van der Waals surface area contributed by atoms with Crippen molar-refractivity contribution in [2.24, 2.45) is 11.7 Å². The lowest BCUT2D eigenvalue weighted by molar-refractivity contribution is 0.204. The molecule has 1 aliphatic heterocycles. The van der Waals surface area contributed by atoms with Gasteiger partial charge in [-0.2, -0.15) is 0 Å². The van der Waals surface area contributed by atoms with Crippen LogP contribution in [-0.2, 0) is 0 Å². The van der Waals surface area contributed by atoms with E-state index in [0.717, 1.165) is 19.1 Å². The highest BCUT2D eigenvalue weighted by molar-refractivity contribution is 4.80. The van der Waals surface area contributed by atoms with Crippen molar-refractivity contribution in [3.05, 3.63) is 0 Å². The maximum atomic E-state index is 6.07. The third-order valence-electron chi connectivity index (χ3n) is 3.57. The minimum absolute atomic E-state index is 0.307. The maximum Gasteiger partial charge on any atom is 0.0220 e. The van der Waals surface area contributed by atoms with Crippen LogP contribution in [0.2, 0.25) is 0 Å². The molecule has 1 heterocycles. The second-order valence-electron chi connectivity index (χ2n) is 5.41. The fraction of sp³-hybridized carbons (Fsp3) is 1.00. The lowest BCUT2D eigenvalue weighted by Crippen LogP contribution is -2.43. The van der Waals surface area contributed by atoms with Crippen molar-refractivity contribution < 1.29 is 0 Å². The molecule has 0 radical (unpaired) electrons. The summed E-state index contributed by atoms with van der Waals surface area (Å²) in [7, 11) is 4.42. The van der Waals surface area contributed by atoms with Crippen molar-refractivity contribution in [2.75, 3.05) is 33.7 Å². The van der Waals surface area contributed by atoms with Crippen LogP contribution in [0.15, 0.2) is 0 Å². The number of rotatable bonds is 5. The van der Waals surface area contributed by atoms with E-state index in [1.165, 1.54) is 19.4 Å². The van der Waals surface area contributed by atoms with Gasteiger partial charge in [-0.25, -0.2) is 0 Å². The first-order valence-corrected chi connectivity index (χ1v) is 6.15. The molecular weight excluding hydrogens is 186 g/mol. The lowest BCUT2D eigenvalue weighted by atomic mass is 10.1. The number of nitrogens with two attached hydrogens (primary N) is 1. The van der Waals surface area contributed by atoms with Crippen LogP contribution in [0, 0.1) is 5.92 Å². The minimum atomic E-state index is 0.307. The largest absolute Gasteiger partial charge is 0.326 e. The fourth-order valence-corrected chi connectivity index (χ4v) is 2.21. The number of hydrogen-bond donors (Lipinski definition) is 1. The first-order chi connectivity index (χ1) is 7.00. The standard InChI is InChI=1S/C12H27N3/c1-10(2)12(13)9-14(3)8-11-6-5-7-15(11)4/h10-12H,5-9,13H2,1-4H3. The summed E-state index contributed by atoms with van der Waals surface area (Å²) in [6.07, 6.45) is 2.70. The Hall–Kier alpha value is -0.120. The van der Waals surface area contributed by atoms with Crippen LogP contribution in [0.1, 0.15) is 26.7 Å². The van der Waals surface area contributed by atoms with Crippen molar-refractivity contribution >= 4 is 0 Å². The Morgan fingerprint density at radius 1 is 1.47 bits per heavy atom. The van der Waals surface area contributed by atoms with Gasteiger partial charge in [0.05, 0.1) is 0 Å². The molecule has 0 saturated carbocycles. The van der Waals surface area contributed by atoms with E-state index in [-0.39, 0.29) is 0 Å². The molecule has 1 aliphatic rings. The Bertz CT molecular complexity index is 182. The van der Waals surface area contributed by atoms with Crippen LogP contribution < -0.4 is 5.73 Å². The summed E-state index contributed by atoms with van der Waals surface area (Å²) >= 11 is 0.